The number of carbonyl (C=O) groups excluding carboxylic acids is 1. The minimum Gasteiger partial charge on any atom is -0.480 e. The van der Waals surface area contributed by atoms with E-state index < -0.39 is 12.1 Å². The van der Waals surface area contributed by atoms with Crippen LogP contribution in [0.4, 0.5) is 4.79 Å². The van der Waals surface area contributed by atoms with Crippen molar-refractivity contribution in [3.05, 3.63) is 0 Å². The van der Waals surface area contributed by atoms with Crippen molar-refractivity contribution in [1.82, 2.24) is 9.80 Å². The third kappa shape index (κ3) is 6.11. The molecule has 0 aromatic rings. The molecule has 0 aliphatic heterocycles. The number of aliphatic carboxylic acids is 1. The molecule has 0 bridgehead atoms. The molecule has 1 atom stereocenters. The Balaban J connectivity index is 4.44. The normalized spacial score (nSPS) is 12.4. The molecule has 0 aliphatic rings. The minimum absolute atomic E-state index is 0.174. The van der Waals surface area contributed by atoms with Crippen LogP contribution in [0.2, 0.25) is 0 Å². The van der Waals surface area contributed by atoms with Crippen molar-refractivity contribution in [2.45, 2.75) is 39.3 Å². The molecule has 1 unspecified atom stereocenters. The van der Waals surface area contributed by atoms with Gasteiger partial charge in [0.2, 0.25) is 0 Å². The average Bonchev–Trinajstić information content (AvgIpc) is 2.20. The SMILES string of the molecule is CC(O)CCN(C)C(=O)N(CC(=O)O)C(C)C. The third-order valence-electron chi connectivity index (χ3n) is 2.38. The summed E-state index contributed by atoms with van der Waals surface area (Å²) >= 11 is 0. The van der Waals surface area contributed by atoms with Crippen LogP contribution in [0, 0.1) is 0 Å². The van der Waals surface area contributed by atoms with Gasteiger partial charge in [-0.2, -0.15) is 0 Å². The van der Waals surface area contributed by atoms with Gasteiger partial charge in [0.05, 0.1) is 6.10 Å². The van der Waals surface area contributed by atoms with E-state index in [1.807, 2.05) is 0 Å². The van der Waals surface area contributed by atoms with Gasteiger partial charge in [-0.25, -0.2) is 4.79 Å². The predicted molar refractivity (Wildman–Crippen MR) is 63.8 cm³/mol. The second-order valence-corrected chi connectivity index (χ2v) is 4.46. The van der Waals surface area contributed by atoms with Crippen LogP contribution in [-0.2, 0) is 4.79 Å². The van der Waals surface area contributed by atoms with E-state index in [1.54, 1.807) is 27.8 Å². The summed E-state index contributed by atoms with van der Waals surface area (Å²) in [6, 6.07) is -0.504. The fourth-order valence-electron chi connectivity index (χ4n) is 1.31. The van der Waals surface area contributed by atoms with Gasteiger partial charge in [-0.3, -0.25) is 4.79 Å². The molecule has 2 N–H and O–H groups in total. The van der Waals surface area contributed by atoms with E-state index in [0.717, 1.165) is 0 Å². The zero-order valence-electron chi connectivity index (χ0n) is 10.9. The number of carboxylic acid groups (broad SMARTS) is 1. The van der Waals surface area contributed by atoms with E-state index in [2.05, 4.69) is 0 Å². The van der Waals surface area contributed by atoms with E-state index in [4.69, 9.17) is 10.2 Å². The molecule has 100 valence electrons. The lowest BCUT2D eigenvalue weighted by molar-refractivity contribution is -0.138. The number of amides is 2. The number of hydrogen-bond donors (Lipinski definition) is 2. The minimum atomic E-state index is -1.03. The van der Waals surface area contributed by atoms with Gasteiger partial charge in [0.1, 0.15) is 6.54 Å². The quantitative estimate of drug-likeness (QED) is 0.719. The van der Waals surface area contributed by atoms with Crippen molar-refractivity contribution in [3.8, 4) is 0 Å². The van der Waals surface area contributed by atoms with Crippen LogP contribution in [0.3, 0.4) is 0 Å². The molecule has 17 heavy (non-hydrogen) atoms. The lowest BCUT2D eigenvalue weighted by Gasteiger charge is -2.30. The van der Waals surface area contributed by atoms with Gasteiger partial charge < -0.3 is 20.0 Å². The smallest absolute Gasteiger partial charge is 0.323 e. The molecule has 0 aromatic carbocycles. The first-order valence-corrected chi connectivity index (χ1v) is 5.67. The first-order valence-electron chi connectivity index (χ1n) is 5.67. The number of urea groups is 1. The average molecular weight is 246 g/mol. The van der Waals surface area contributed by atoms with Crippen LogP contribution in [0.1, 0.15) is 27.2 Å². The fraction of sp³-hybridized carbons (Fsp3) is 0.818. The zero-order valence-corrected chi connectivity index (χ0v) is 10.9. The maximum absolute atomic E-state index is 11.9. The Morgan fingerprint density at radius 1 is 1.24 bits per heavy atom. The van der Waals surface area contributed by atoms with Crippen LogP contribution in [0.5, 0.6) is 0 Å². The van der Waals surface area contributed by atoms with Gasteiger partial charge in [-0.15, -0.1) is 0 Å². The summed E-state index contributed by atoms with van der Waals surface area (Å²) in [5, 5.41) is 17.9. The van der Waals surface area contributed by atoms with Gasteiger partial charge in [0.25, 0.3) is 0 Å². The Morgan fingerprint density at radius 3 is 2.12 bits per heavy atom. The molecule has 0 aliphatic carbocycles. The summed E-state index contributed by atoms with van der Waals surface area (Å²) in [4.78, 5) is 25.3. The third-order valence-corrected chi connectivity index (χ3v) is 2.38. The molecule has 0 saturated carbocycles. The van der Waals surface area contributed by atoms with Gasteiger partial charge in [0, 0.05) is 19.6 Å². The van der Waals surface area contributed by atoms with Crippen molar-refractivity contribution in [2.75, 3.05) is 20.1 Å². The highest BCUT2D eigenvalue weighted by Gasteiger charge is 2.22. The highest BCUT2D eigenvalue weighted by molar-refractivity contribution is 5.80. The summed E-state index contributed by atoms with van der Waals surface area (Å²) in [7, 11) is 1.60. The van der Waals surface area contributed by atoms with Crippen LogP contribution in [0.15, 0.2) is 0 Å². The van der Waals surface area contributed by atoms with Crippen molar-refractivity contribution >= 4 is 12.0 Å². The van der Waals surface area contributed by atoms with E-state index in [-0.39, 0.29) is 18.6 Å². The molecular formula is C11H22N2O4. The summed E-state index contributed by atoms with van der Waals surface area (Å²) < 4.78 is 0. The number of nitrogens with zero attached hydrogens (tertiary/aromatic N) is 2. The lowest BCUT2D eigenvalue weighted by Crippen LogP contribution is -2.47. The molecule has 6 nitrogen and oxygen atoms in total. The Kier molecular flexibility index (Phi) is 6.57. The topological polar surface area (TPSA) is 81.1 Å². The van der Waals surface area contributed by atoms with Crippen LogP contribution in [-0.4, -0.2) is 64.3 Å². The standard InChI is InChI=1S/C11H22N2O4/c1-8(2)13(7-10(15)16)11(17)12(4)6-5-9(3)14/h8-9,14H,5-7H2,1-4H3,(H,15,16). The molecule has 0 spiro atoms. The Morgan fingerprint density at radius 2 is 1.76 bits per heavy atom. The van der Waals surface area contributed by atoms with Crippen molar-refractivity contribution in [3.63, 3.8) is 0 Å². The Bertz CT molecular complexity index is 266. The van der Waals surface area contributed by atoms with Gasteiger partial charge in [0.15, 0.2) is 0 Å². The van der Waals surface area contributed by atoms with Crippen molar-refractivity contribution < 1.29 is 19.8 Å². The van der Waals surface area contributed by atoms with Gasteiger partial charge >= 0.3 is 12.0 Å². The molecule has 0 radical (unpaired) electrons. The predicted octanol–water partition coefficient (Wildman–Crippen LogP) is 0.604. The molecule has 2 amide bonds. The second kappa shape index (κ2) is 7.11. The van der Waals surface area contributed by atoms with Crippen LogP contribution in [0.25, 0.3) is 0 Å². The largest absolute Gasteiger partial charge is 0.480 e. The van der Waals surface area contributed by atoms with Crippen LogP contribution < -0.4 is 0 Å². The van der Waals surface area contributed by atoms with Gasteiger partial charge in [-0.1, -0.05) is 0 Å². The number of rotatable bonds is 6. The summed E-state index contributed by atoms with van der Waals surface area (Å²) in [6.45, 7) is 5.28. The molecule has 0 fully saturated rings. The van der Waals surface area contributed by atoms with E-state index in [9.17, 15) is 9.59 Å². The van der Waals surface area contributed by atoms with Crippen molar-refractivity contribution in [1.29, 1.82) is 0 Å². The fourth-order valence-corrected chi connectivity index (χ4v) is 1.31. The molecular weight excluding hydrogens is 224 g/mol. The number of aliphatic hydroxyl groups is 1. The van der Waals surface area contributed by atoms with E-state index in [1.165, 1.54) is 9.80 Å². The van der Waals surface area contributed by atoms with Crippen LogP contribution >= 0.6 is 0 Å². The highest BCUT2D eigenvalue weighted by atomic mass is 16.4. The number of carbonyl (C=O) groups is 2. The number of hydrogen-bond acceptors (Lipinski definition) is 3. The van der Waals surface area contributed by atoms with E-state index >= 15 is 0 Å². The number of carboxylic acids is 1. The van der Waals surface area contributed by atoms with Gasteiger partial charge in [-0.05, 0) is 27.2 Å². The highest BCUT2D eigenvalue weighted by Crippen LogP contribution is 2.04. The maximum Gasteiger partial charge on any atom is 0.323 e. The first kappa shape index (κ1) is 15.7. The first-order chi connectivity index (χ1) is 7.75. The summed E-state index contributed by atoms with van der Waals surface area (Å²) in [6.07, 6.45) is -0.00133. The monoisotopic (exact) mass is 246 g/mol. The Labute approximate surface area is 102 Å². The molecule has 0 saturated heterocycles. The summed E-state index contributed by atoms with van der Waals surface area (Å²) in [5.74, 6) is -1.03. The molecule has 6 heteroatoms. The zero-order chi connectivity index (χ0) is 13.6. The number of aliphatic hydroxyl groups excluding tert-OH is 1. The summed E-state index contributed by atoms with van der Waals surface area (Å²) in [5.41, 5.74) is 0. The molecule has 0 heterocycles. The molecule has 0 rings (SSSR count). The Hall–Kier alpha value is -1.30. The molecule has 0 aromatic heterocycles. The lowest BCUT2D eigenvalue weighted by atomic mass is 10.2. The second-order valence-electron chi connectivity index (χ2n) is 4.46. The van der Waals surface area contributed by atoms with Crippen molar-refractivity contribution in [2.24, 2.45) is 0 Å². The maximum atomic E-state index is 11.9. The van der Waals surface area contributed by atoms with E-state index in [0.29, 0.717) is 13.0 Å².